The molecule has 5 heterocycles. The fourth-order valence-electron chi connectivity index (χ4n) is 8.01. The van der Waals surface area contributed by atoms with Crippen LogP contribution in [0.4, 0.5) is 11.4 Å². The summed E-state index contributed by atoms with van der Waals surface area (Å²) in [7, 11) is 8.58. The second kappa shape index (κ2) is 15.3. The SMILES string of the molecule is [B]C(O)(c1cccc(C(=O)N2CCCCC2)n1)N1CCC(n2ncc3c2CN(C)c2c(NC(/C=C(\N)NC(=O)C4CC4)=C(/N)C(=O)NC4CC4)cccc2-3)CC1. The Balaban J connectivity index is 0.992. The van der Waals surface area contributed by atoms with Crippen LogP contribution >= 0.6 is 0 Å². The number of aromatic nitrogens is 3. The molecule has 2 saturated carbocycles. The van der Waals surface area contributed by atoms with Crippen LogP contribution in [0.1, 0.15) is 85.7 Å². The van der Waals surface area contributed by atoms with Gasteiger partial charge in [-0.2, -0.15) is 5.10 Å². The molecule has 1 atom stereocenters. The fourth-order valence-corrected chi connectivity index (χ4v) is 8.01. The molecular weight excluding hydrogens is 709 g/mol. The molecular formula is C40H50BN11O4. The van der Waals surface area contributed by atoms with Gasteiger partial charge >= 0.3 is 0 Å². The molecule has 2 saturated heterocycles. The maximum Gasteiger partial charge on any atom is 0.272 e. The number of hydrogen-bond acceptors (Lipinski definition) is 11. The quantitative estimate of drug-likeness (QED) is 0.0953. The number of nitrogens with two attached hydrogens (primary N) is 2. The minimum absolute atomic E-state index is 0.0322. The Morgan fingerprint density at radius 3 is 2.39 bits per heavy atom. The molecule has 15 nitrogen and oxygen atoms in total. The van der Waals surface area contributed by atoms with Crippen molar-refractivity contribution in [2.24, 2.45) is 17.4 Å². The minimum atomic E-state index is -1.84. The van der Waals surface area contributed by atoms with Crippen molar-refractivity contribution in [2.75, 3.05) is 43.4 Å². The van der Waals surface area contributed by atoms with Crippen molar-refractivity contribution in [1.82, 2.24) is 35.2 Å². The van der Waals surface area contributed by atoms with E-state index in [0.717, 1.165) is 67.5 Å². The van der Waals surface area contributed by atoms with Crippen LogP contribution in [-0.2, 0) is 21.8 Å². The molecule has 292 valence electrons. The molecule has 5 aliphatic rings. The van der Waals surface area contributed by atoms with E-state index in [1.807, 2.05) is 41.2 Å². The van der Waals surface area contributed by atoms with Crippen LogP contribution in [0, 0.1) is 5.92 Å². The molecule has 2 aromatic heterocycles. The number of allylic oxidation sites excluding steroid dienone is 1. The number of carbonyl (C=O) groups is 3. The van der Waals surface area contributed by atoms with E-state index >= 15 is 0 Å². The number of carbonyl (C=O) groups excluding carboxylic acids is 3. The number of nitrogens with one attached hydrogen (secondary N) is 3. The summed E-state index contributed by atoms with van der Waals surface area (Å²) in [5.41, 5.74) is 16.3. The van der Waals surface area contributed by atoms with E-state index < -0.39 is 11.5 Å². The normalized spacial score (nSPS) is 20.6. The van der Waals surface area contributed by atoms with Crippen molar-refractivity contribution in [2.45, 2.75) is 82.0 Å². The summed E-state index contributed by atoms with van der Waals surface area (Å²) < 4.78 is 2.09. The molecule has 0 bridgehead atoms. The molecule has 8 rings (SSSR count). The summed E-state index contributed by atoms with van der Waals surface area (Å²) in [6.45, 7) is 2.99. The molecule has 3 aliphatic heterocycles. The van der Waals surface area contributed by atoms with Crippen molar-refractivity contribution in [1.29, 1.82) is 0 Å². The number of piperidine rings is 2. The Bertz CT molecular complexity index is 2070. The first-order chi connectivity index (χ1) is 27.0. The van der Waals surface area contributed by atoms with Crippen molar-refractivity contribution in [3.63, 3.8) is 0 Å². The molecule has 2 radical (unpaired) electrons. The summed E-state index contributed by atoms with van der Waals surface area (Å²) in [5.74, 6) is -0.623. The van der Waals surface area contributed by atoms with E-state index in [-0.39, 0.29) is 52.7 Å². The highest BCUT2D eigenvalue weighted by Gasteiger charge is 2.38. The average molecular weight is 760 g/mol. The highest BCUT2D eigenvalue weighted by atomic mass is 16.3. The van der Waals surface area contributed by atoms with Crippen LogP contribution in [0.2, 0.25) is 0 Å². The number of rotatable bonds is 11. The van der Waals surface area contributed by atoms with Crippen LogP contribution in [-0.4, -0.2) is 94.5 Å². The third-order valence-corrected chi connectivity index (χ3v) is 11.5. The molecule has 0 spiro atoms. The number of hydrogen-bond donors (Lipinski definition) is 6. The highest BCUT2D eigenvalue weighted by molar-refractivity contribution is 6.14. The summed E-state index contributed by atoms with van der Waals surface area (Å²) in [6.07, 6.45) is 11.4. The average Bonchev–Trinajstić information content (AvgIpc) is 4.16. The lowest BCUT2D eigenvalue weighted by molar-refractivity contribution is -0.121. The molecule has 56 heavy (non-hydrogen) atoms. The number of amides is 3. The summed E-state index contributed by atoms with van der Waals surface area (Å²) in [4.78, 5) is 49.0. The molecule has 2 aliphatic carbocycles. The molecule has 1 unspecified atom stereocenters. The largest absolute Gasteiger partial charge is 0.393 e. The first-order valence-corrected chi connectivity index (χ1v) is 19.8. The van der Waals surface area contributed by atoms with Gasteiger partial charge in [0.2, 0.25) is 5.91 Å². The van der Waals surface area contributed by atoms with E-state index in [2.05, 4.69) is 30.5 Å². The zero-order valence-electron chi connectivity index (χ0n) is 31.8. The molecule has 16 heteroatoms. The Morgan fingerprint density at radius 2 is 1.68 bits per heavy atom. The minimum Gasteiger partial charge on any atom is -0.393 e. The van der Waals surface area contributed by atoms with Gasteiger partial charge in [0.15, 0.2) is 0 Å². The Morgan fingerprint density at radius 1 is 0.946 bits per heavy atom. The van der Waals surface area contributed by atoms with Crippen molar-refractivity contribution < 1.29 is 19.5 Å². The van der Waals surface area contributed by atoms with Crippen LogP contribution in [0.15, 0.2) is 65.9 Å². The summed E-state index contributed by atoms with van der Waals surface area (Å²) >= 11 is 0. The monoisotopic (exact) mass is 759 g/mol. The van der Waals surface area contributed by atoms with Crippen LogP contribution < -0.4 is 32.3 Å². The van der Waals surface area contributed by atoms with Crippen molar-refractivity contribution in [3.8, 4) is 11.1 Å². The van der Waals surface area contributed by atoms with Gasteiger partial charge in [-0.05, 0) is 76.0 Å². The number of para-hydroxylation sites is 1. The zero-order valence-corrected chi connectivity index (χ0v) is 31.8. The van der Waals surface area contributed by atoms with E-state index in [0.29, 0.717) is 56.9 Å². The van der Waals surface area contributed by atoms with Gasteiger partial charge in [-0.1, -0.05) is 18.2 Å². The number of likely N-dealkylation sites (tertiary alicyclic amines) is 2. The van der Waals surface area contributed by atoms with E-state index in [1.165, 1.54) is 6.08 Å². The number of pyridine rings is 1. The van der Waals surface area contributed by atoms with Gasteiger partial charge in [0.05, 0.1) is 47.2 Å². The second-order valence-electron chi connectivity index (χ2n) is 15.8. The van der Waals surface area contributed by atoms with Crippen molar-refractivity contribution >= 4 is 36.9 Å². The van der Waals surface area contributed by atoms with Gasteiger partial charge in [-0.3, -0.25) is 24.0 Å². The van der Waals surface area contributed by atoms with Gasteiger partial charge in [0.1, 0.15) is 30.7 Å². The number of fused-ring (bicyclic) bond motifs is 3. The van der Waals surface area contributed by atoms with Crippen LogP contribution in [0.5, 0.6) is 0 Å². The van der Waals surface area contributed by atoms with Gasteiger partial charge < -0.3 is 42.3 Å². The smallest absolute Gasteiger partial charge is 0.272 e. The van der Waals surface area contributed by atoms with Gasteiger partial charge in [0, 0.05) is 62.4 Å². The van der Waals surface area contributed by atoms with Gasteiger partial charge in [-0.15, -0.1) is 0 Å². The number of nitrogens with zero attached hydrogens (tertiary/aromatic N) is 6. The Kier molecular flexibility index (Phi) is 10.3. The molecule has 4 fully saturated rings. The van der Waals surface area contributed by atoms with Gasteiger partial charge in [-0.25, -0.2) is 4.98 Å². The second-order valence-corrected chi connectivity index (χ2v) is 15.8. The van der Waals surface area contributed by atoms with Crippen LogP contribution in [0.25, 0.3) is 11.1 Å². The first-order valence-electron chi connectivity index (χ1n) is 19.8. The Hall–Kier alpha value is -5.35. The fraction of sp³-hybridized carbons (Fsp3) is 0.475. The third-order valence-electron chi connectivity index (χ3n) is 11.5. The van der Waals surface area contributed by atoms with E-state index in [9.17, 15) is 19.5 Å². The van der Waals surface area contributed by atoms with E-state index in [1.54, 1.807) is 18.2 Å². The maximum atomic E-state index is 13.2. The lowest BCUT2D eigenvalue weighted by atomic mass is 9.83. The van der Waals surface area contributed by atoms with Crippen molar-refractivity contribution in [3.05, 3.63) is 83.0 Å². The highest BCUT2D eigenvalue weighted by Crippen LogP contribution is 2.45. The van der Waals surface area contributed by atoms with Gasteiger partial charge in [0.25, 0.3) is 11.8 Å². The third kappa shape index (κ3) is 7.72. The van der Waals surface area contributed by atoms with Crippen LogP contribution in [0.3, 0.4) is 0 Å². The lowest BCUT2D eigenvalue weighted by Gasteiger charge is -2.42. The number of aliphatic hydroxyl groups is 1. The maximum absolute atomic E-state index is 13.2. The summed E-state index contributed by atoms with van der Waals surface area (Å²) in [5, 5.41) is 25.5. The summed E-state index contributed by atoms with van der Waals surface area (Å²) in [6, 6.07) is 11.2. The first kappa shape index (κ1) is 37.6. The Labute approximate surface area is 327 Å². The predicted molar refractivity (Wildman–Crippen MR) is 212 cm³/mol. The number of benzene rings is 1. The van der Waals surface area contributed by atoms with E-state index in [4.69, 9.17) is 24.4 Å². The molecule has 3 aromatic rings. The molecule has 3 amide bonds. The molecule has 1 aromatic carbocycles. The lowest BCUT2D eigenvalue weighted by Crippen LogP contribution is -2.51. The topological polar surface area (TPSA) is 200 Å². The number of anilines is 2. The molecule has 8 N–H and O–H groups in total. The zero-order chi connectivity index (χ0) is 39.1. The standard InChI is InChI=1S/C40H50BN11O4/c1-49-23-32-28(27-7-5-8-29(36(27)49)46-31(35(43)38(54)45-25-13-14-25)21-34(42)48-37(53)24-11-12-24)22-44-52(32)26-15-19-51(20-16-26)40(41,56)33-10-6-9-30(47-33)39(55)50-17-3-2-4-18-50/h5-10,21-22,24-26,46,56H,2-4,11-20,23,42-43H2,1H3,(H,45,54)(H,48,53)/b34-21+,35-31+. The predicted octanol–water partition coefficient (Wildman–Crippen LogP) is 2.32.